The largest absolute Gasteiger partial charge is 0.338 e. The Bertz CT molecular complexity index is 966. The van der Waals surface area contributed by atoms with Gasteiger partial charge in [-0.1, -0.05) is 29.8 Å². The number of aromatic nitrogens is 4. The van der Waals surface area contributed by atoms with Crippen LogP contribution < -0.4 is 0 Å². The van der Waals surface area contributed by atoms with Crippen LogP contribution in [0.15, 0.2) is 61.1 Å². The van der Waals surface area contributed by atoms with Crippen LogP contribution in [0.5, 0.6) is 0 Å². The molecule has 4 aromatic rings. The monoisotopic (exact) mass is 322 g/mol. The molecule has 0 aliphatic carbocycles. The molecular formula is C18H15ClN4. The highest BCUT2D eigenvalue weighted by atomic mass is 35.5. The molecule has 0 radical (unpaired) electrons. The zero-order chi connectivity index (χ0) is 15.8. The lowest BCUT2D eigenvalue weighted by Gasteiger charge is -2.06. The first-order valence-corrected chi connectivity index (χ1v) is 7.78. The van der Waals surface area contributed by atoms with Crippen molar-refractivity contribution in [1.29, 1.82) is 0 Å². The minimum atomic E-state index is 0.715. The number of aryl methyl sites for hydroxylation is 1. The summed E-state index contributed by atoms with van der Waals surface area (Å²) in [6.45, 7) is 0. The van der Waals surface area contributed by atoms with Crippen molar-refractivity contribution >= 4 is 17.2 Å². The maximum Gasteiger partial charge on any atom is 0.137 e. The Labute approximate surface area is 139 Å². The van der Waals surface area contributed by atoms with E-state index in [1.165, 1.54) is 0 Å². The quantitative estimate of drug-likeness (QED) is 0.572. The van der Waals surface area contributed by atoms with Gasteiger partial charge in [0.25, 0.3) is 0 Å². The molecule has 0 aliphatic heterocycles. The van der Waals surface area contributed by atoms with E-state index in [1.807, 2.05) is 72.7 Å². The van der Waals surface area contributed by atoms with Crippen LogP contribution in [-0.2, 0) is 13.5 Å². The first-order valence-electron chi connectivity index (χ1n) is 7.40. The van der Waals surface area contributed by atoms with E-state index in [0.717, 1.165) is 33.4 Å². The standard InChI is InChI=1S/C18H15ClN4/c1-22-11-9-20-17(22)12-15-18(13-5-7-14(19)8-6-13)21-16-4-2-3-10-23(15)16/h2-11H,12H2,1H3. The Morgan fingerprint density at radius 1 is 1.04 bits per heavy atom. The Morgan fingerprint density at radius 2 is 1.87 bits per heavy atom. The minimum absolute atomic E-state index is 0.715. The lowest BCUT2D eigenvalue weighted by atomic mass is 10.1. The molecule has 114 valence electrons. The molecule has 0 amide bonds. The molecule has 4 nitrogen and oxygen atoms in total. The number of hydrogen-bond acceptors (Lipinski definition) is 2. The Morgan fingerprint density at radius 3 is 2.61 bits per heavy atom. The fourth-order valence-corrected chi connectivity index (χ4v) is 2.90. The summed E-state index contributed by atoms with van der Waals surface area (Å²) in [5.74, 6) is 1.01. The second kappa shape index (κ2) is 5.56. The van der Waals surface area contributed by atoms with Crippen LogP contribution >= 0.6 is 11.6 Å². The van der Waals surface area contributed by atoms with Crippen molar-refractivity contribution in [2.75, 3.05) is 0 Å². The summed E-state index contributed by atoms with van der Waals surface area (Å²) in [7, 11) is 2.01. The van der Waals surface area contributed by atoms with Crippen LogP contribution in [-0.4, -0.2) is 18.9 Å². The molecule has 0 atom stereocenters. The number of benzene rings is 1. The fourth-order valence-electron chi connectivity index (χ4n) is 2.77. The Balaban J connectivity index is 1.91. The molecule has 0 aliphatic rings. The van der Waals surface area contributed by atoms with Gasteiger partial charge in [0.05, 0.1) is 11.4 Å². The van der Waals surface area contributed by atoms with Crippen LogP contribution in [0.3, 0.4) is 0 Å². The van der Waals surface area contributed by atoms with Gasteiger partial charge in [-0.15, -0.1) is 0 Å². The lowest BCUT2D eigenvalue weighted by Crippen LogP contribution is -2.02. The highest BCUT2D eigenvalue weighted by Crippen LogP contribution is 2.27. The van der Waals surface area contributed by atoms with Gasteiger partial charge in [0, 0.05) is 42.6 Å². The number of halogens is 1. The molecular weight excluding hydrogens is 308 g/mol. The summed E-state index contributed by atoms with van der Waals surface area (Å²) >= 11 is 6.01. The first kappa shape index (κ1) is 14.0. The average Bonchev–Trinajstić information content (AvgIpc) is 3.13. The molecule has 23 heavy (non-hydrogen) atoms. The Hall–Kier alpha value is -2.59. The van der Waals surface area contributed by atoms with Crippen LogP contribution in [0, 0.1) is 0 Å². The molecule has 0 bridgehead atoms. The molecule has 4 rings (SSSR count). The van der Waals surface area contributed by atoms with Crippen molar-refractivity contribution in [3.8, 4) is 11.3 Å². The van der Waals surface area contributed by atoms with Crippen LogP contribution in [0.4, 0.5) is 0 Å². The number of hydrogen-bond donors (Lipinski definition) is 0. The van der Waals surface area contributed by atoms with Gasteiger partial charge in [-0.05, 0) is 24.3 Å². The summed E-state index contributed by atoms with van der Waals surface area (Å²) in [5.41, 5.74) is 4.08. The second-order valence-corrected chi connectivity index (χ2v) is 5.91. The summed E-state index contributed by atoms with van der Waals surface area (Å²) < 4.78 is 4.16. The van der Waals surface area contributed by atoms with E-state index < -0.39 is 0 Å². The van der Waals surface area contributed by atoms with Gasteiger partial charge < -0.3 is 8.97 Å². The first-order chi connectivity index (χ1) is 11.2. The molecule has 1 aromatic carbocycles. The molecule has 0 fully saturated rings. The zero-order valence-corrected chi connectivity index (χ0v) is 13.4. The number of pyridine rings is 1. The zero-order valence-electron chi connectivity index (χ0n) is 12.6. The molecule has 5 heteroatoms. The molecule has 0 unspecified atom stereocenters. The summed E-state index contributed by atoms with van der Waals surface area (Å²) in [5, 5.41) is 0.725. The molecule has 0 saturated carbocycles. The summed E-state index contributed by atoms with van der Waals surface area (Å²) in [6.07, 6.45) is 6.54. The van der Waals surface area contributed by atoms with Crippen molar-refractivity contribution in [1.82, 2.24) is 18.9 Å². The molecule has 0 saturated heterocycles. The maximum absolute atomic E-state index is 6.01. The van der Waals surface area contributed by atoms with E-state index in [4.69, 9.17) is 16.6 Å². The van der Waals surface area contributed by atoms with Crippen LogP contribution in [0.1, 0.15) is 11.5 Å². The van der Waals surface area contributed by atoms with E-state index in [-0.39, 0.29) is 0 Å². The lowest BCUT2D eigenvalue weighted by molar-refractivity contribution is 0.808. The highest BCUT2D eigenvalue weighted by molar-refractivity contribution is 6.30. The van der Waals surface area contributed by atoms with Gasteiger partial charge in [0.2, 0.25) is 0 Å². The highest BCUT2D eigenvalue weighted by Gasteiger charge is 2.15. The fraction of sp³-hybridized carbons (Fsp3) is 0.111. The van der Waals surface area contributed by atoms with Gasteiger partial charge in [-0.2, -0.15) is 0 Å². The van der Waals surface area contributed by atoms with Crippen molar-refractivity contribution < 1.29 is 0 Å². The van der Waals surface area contributed by atoms with Crippen LogP contribution in [0.25, 0.3) is 16.9 Å². The third kappa shape index (κ3) is 2.51. The number of imidazole rings is 2. The number of rotatable bonds is 3. The van der Waals surface area contributed by atoms with Gasteiger partial charge >= 0.3 is 0 Å². The van der Waals surface area contributed by atoms with Gasteiger partial charge in [0.15, 0.2) is 0 Å². The number of fused-ring (bicyclic) bond motifs is 1. The van der Waals surface area contributed by atoms with Crippen molar-refractivity contribution in [3.05, 3.63) is 77.6 Å². The minimum Gasteiger partial charge on any atom is -0.338 e. The maximum atomic E-state index is 6.01. The topological polar surface area (TPSA) is 35.1 Å². The van der Waals surface area contributed by atoms with E-state index in [1.54, 1.807) is 0 Å². The predicted octanol–water partition coefficient (Wildman–Crippen LogP) is 3.98. The third-order valence-electron chi connectivity index (χ3n) is 3.99. The van der Waals surface area contributed by atoms with E-state index in [2.05, 4.69) is 9.38 Å². The van der Waals surface area contributed by atoms with Crippen molar-refractivity contribution in [2.24, 2.45) is 7.05 Å². The van der Waals surface area contributed by atoms with E-state index >= 15 is 0 Å². The van der Waals surface area contributed by atoms with E-state index in [9.17, 15) is 0 Å². The SMILES string of the molecule is Cn1ccnc1Cc1c(-c2ccc(Cl)cc2)nc2ccccn12. The van der Waals surface area contributed by atoms with Gasteiger partial charge in [-0.25, -0.2) is 9.97 Å². The molecule has 0 N–H and O–H groups in total. The average molecular weight is 323 g/mol. The van der Waals surface area contributed by atoms with Gasteiger partial charge in [0.1, 0.15) is 11.5 Å². The molecule has 3 aromatic heterocycles. The molecule has 0 spiro atoms. The van der Waals surface area contributed by atoms with Gasteiger partial charge in [-0.3, -0.25) is 0 Å². The van der Waals surface area contributed by atoms with Crippen LogP contribution in [0.2, 0.25) is 5.02 Å². The second-order valence-electron chi connectivity index (χ2n) is 5.47. The normalized spacial score (nSPS) is 11.2. The third-order valence-corrected chi connectivity index (χ3v) is 4.25. The molecule has 3 heterocycles. The number of nitrogens with zero attached hydrogens (tertiary/aromatic N) is 4. The summed E-state index contributed by atoms with van der Waals surface area (Å²) in [4.78, 5) is 9.25. The smallest absolute Gasteiger partial charge is 0.137 e. The van der Waals surface area contributed by atoms with E-state index in [0.29, 0.717) is 6.42 Å². The Kier molecular flexibility index (Phi) is 3.39. The van der Waals surface area contributed by atoms with Crippen molar-refractivity contribution in [2.45, 2.75) is 6.42 Å². The van der Waals surface area contributed by atoms with Crippen molar-refractivity contribution in [3.63, 3.8) is 0 Å². The summed E-state index contributed by atoms with van der Waals surface area (Å²) in [6, 6.07) is 13.8. The predicted molar refractivity (Wildman–Crippen MR) is 91.7 cm³/mol.